The van der Waals surface area contributed by atoms with Crippen molar-refractivity contribution in [3.63, 3.8) is 0 Å². The van der Waals surface area contributed by atoms with Crippen LogP contribution in [0, 0.1) is 0 Å². The fourth-order valence-corrected chi connectivity index (χ4v) is 2.53. The summed E-state index contributed by atoms with van der Waals surface area (Å²) in [5, 5.41) is 0.314. The highest BCUT2D eigenvalue weighted by Crippen LogP contribution is 2.36. The van der Waals surface area contributed by atoms with Crippen molar-refractivity contribution in [2.24, 2.45) is 5.73 Å². The van der Waals surface area contributed by atoms with Gasteiger partial charge in [0.25, 0.3) is 0 Å². The summed E-state index contributed by atoms with van der Waals surface area (Å²) < 4.78 is 6.15. The van der Waals surface area contributed by atoms with Crippen LogP contribution in [-0.4, -0.2) is 46.0 Å². The number of likely N-dealkylation sites (N-methyl/N-ethyl adjacent to an activating group) is 1. The molecule has 0 amide bonds. The van der Waals surface area contributed by atoms with Gasteiger partial charge in [-0.25, -0.2) is 0 Å². The molecule has 0 bridgehead atoms. The predicted molar refractivity (Wildman–Crippen MR) is 78.9 cm³/mol. The van der Waals surface area contributed by atoms with Crippen molar-refractivity contribution in [1.29, 1.82) is 0 Å². The molecule has 0 atom stereocenters. The second-order valence-corrected chi connectivity index (χ2v) is 11.0. The number of rotatable bonds is 8. The van der Waals surface area contributed by atoms with Gasteiger partial charge in [0.15, 0.2) is 8.32 Å². The maximum Gasteiger partial charge on any atom is 0.191 e. The third kappa shape index (κ3) is 6.55. The van der Waals surface area contributed by atoms with Crippen LogP contribution in [0.1, 0.15) is 34.1 Å². The molecule has 0 aromatic rings. The molecular formula is C13H32N2OSi. The number of hydrogen-bond acceptors (Lipinski definition) is 3. The number of nitrogens with zero attached hydrogens (tertiary/aromatic N) is 1. The molecular weight excluding hydrogens is 228 g/mol. The van der Waals surface area contributed by atoms with Gasteiger partial charge >= 0.3 is 0 Å². The molecule has 104 valence electrons. The Bertz CT molecular complexity index is 202. The minimum absolute atomic E-state index is 0.314. The van der Waals surface area contributed by atoms with E-state index in [4.69, 9.17) is 10.2 Å². The largest absolute Gasteiger partial charge is 0.417 e. The van der Waals surface area contributed by atoms with Crippen LogP contribution in [0.2, 0.25) is 18.1 Å². The summed E-state index contributed by atoms with van der Waals surface area (Å²) in [6, 6.07) is 0. The molecule has 0 aromatic heterocycles. The molecule has 0 rings (SSSR count). The minimum atomic E-state index is -1.55. The van der Waals surface area contributed by atoms with Gasteiger partial charge in [-0.05, 0) is 31.1 Å². The van der Waals surface area contributed by atoms with Crippen molar-refractivity contribution in [2.45, 2.75) is 52.2 Å². The summed E-state index contributed by atoms with van der Waals surface area (Å²) in [7, 11) is -1.55. The maximum absolute atomic E-state index is 6.15. The van der Waals surface area contributed by atoms with Crippen molar-refractivity contribution in [2.75, 3.05) is 32.8 Å². The van der Waals surface area contributed by atoms with E-state index in [-0.39, 0.29) is 0 Å². The van der Waals surface area contributed by atoms with Crippen molar-refractivity contribution in [1.82, 2.24) is 4.90 Å². The predicted octanol–water partition coefficient (Wildman–Crippen LogP) is 2.68. The lowest BCUT2D eigenvalue weighted by atomic mass is 10.2. The number of hydrogen-bond donors (Lipinski definition) is 1. The monoisotopic (exact) mass is 260 g/mol. The Morgan fingerprint density at radius 1 is 1.18 bits per heavy atom. The molecule has 0 aliphatic heterocycles. The molecule has 0 aliphatic rings. The minimum Gasteiger partial charge on any atom is -0.417 e. The van der Waals surface area contributed by atoms with E-state index in [0.29, 0.717) is 5.04 Å². The summed E-state index contributed by atoms with van der Waals surface area (Å²) in [6.07, 6.45) is 1.11. The molecule has 0 unspecified atom stereocenters. The van der Waals surface area contributed by atoms with Crippen LogP contribution in [0.25, 0.3) is 0 Å². The third-order valence-electron chi connectivity index (χ3n) is 3.78. The van der Waals surface area contributed by atoms with Crippen LogP contribution < -0.4 is 5.73 Å². The average molecular weight is 260 g/mol. The number of nitrogens with two attached hydrogens (primary N) is 1. The highest BCUT2D eigenvalue weighted by atomic mass is 28.4. The quantitative estimate of drug-likeness (QED) is 0.539. The van der Waals surface area contributed by atoms with E-state index in [2.05, 4.69) is 45.7 Å². The Balaban J connectivity index is 3.84. The van der Waals surface area contributed by atoms with E-state index in [0.717, 1.165) is 39.2 Å². The van der Waals surface area contributed by atoms with Gasteiger partial charge in [-0.1, -0.05) is 27.7 Å². The molecule has 4 heteroatoms. The Hall–Kier alpha value is 0.0969. The smallest absolute Gasteiger partial charge is 0.191 e. The van der Waals surface area contributed by atoms with E-state index in [9.17, 15) is 0 Å². The van der Waals surface area contributed by atoms with E-state index in [1.165, 1.54) is 0 Å². The molecule has 0 saturated carbocycles. The lowest BCUT2D eigenvalue weighted by molar-refractivity contribution is 0.233. The molecule has 17 heavy (non-hydrogen) atoms. The van der Waals surface area contributed by atoms with Crippen LogP contribution in [0.4, 0.5) is 0 Å². The molecule has 0 aliphatic carbocycles. The van der Waals surface area contributed by atoms with Gasteiger partial charge in [-0.2, -0.15) is 0 Å². The molecule has 0 fully saturated rings. The second kappa shape index (κ2) is 7.51. The summed E-state index contributed by atoms with van der Waals surface area (Å²) in [6.45, 7) is 18.5. The first-order valence-corrected chi connectivity index (χ1v) is 9.72. The van der Waals surface area contributed by atoms with Crippen LogP contribution in [0.15, 0.2) is 0 Å². The van der Waals surface area contributed by atoms with Crippen LogP contribution >= 0.6 is 0 Å². The van der Waals surface area contributed by atoms with Gasteiger partial charge in [-0.15, -0.1) is 0 Å². The maximum atomic E-state index is 6.15. The molecule has 0 aromatic carbocycles. The van der Waals surface area contributed by atoms with Crippen LogP contribution in [-0.2, 0) is 4.43 Å². The van der Waals surface area contributed by atoms with Crippen molar-refractivity contribution in [3.8, 4) is 0 Å². The molecule has 0 saturated heterocycles. The fraction of sp³-hybridized carbons (Fsp3) is 1.00. The standard InChI is InChI=1S/C13H32N2OSi/c1-7-15(11-9-14)10-8-12-16-17(5,6)13(2,3)4/h7-12,14H2,1-6H3. The first-order chi connectivity index (χ1) is 7.74. The Kier molecular flexibility index (Phi) is 7.56. The first kappa shape index (κ1) is 17.1. The molecule has 2 N–H and O–H groups in total. The lowest BCUT2D eigenvalue weighted by Crippen LogP contribution is -2.41. The second-order valence-electron chi connectivity index (χ2n) is 6.19. The third-order valence-corrected chi connectivity index (χ3v) is 8.32. The molecule has 0 spiro atoms. The van der Waals surface area contributed by atoms with Gasteiger partial charge in [0, 0.05) is 26.2 Å². The van der Waals surface area contributed by atoms with Gasteiger partial charge in [0.2, 0.25) is 0 Å². The van der Waals surface area contributed by atoms with Crippen LogP contribution in [0.5, 0.6) is 0 Å². The van der Waals surface area contributed by atoms with Gasteiger partial charge in [0.1, 0.15) is 0 Å². The summed E-state index contributed by atoms with van der Waals surface area (Å²) >= 11 is 0. The first-order valence-electron chi connectivity index (χ1n) is 6.81. The Morgan fingerprint density at radius 3 is 2.18 bits per heavy atom. The highest BCUT2D eigenvalue weighted by Gasteiger charge is 2.36. The molecule has 0 heterocycles. The molecule has 0 radical (unpaired) electrons. The van der Waals surface area contributed by atoms with Gasteiger partial charge in [-0.3, -0.25) is 0 Å². The zero-order chi connectivity index (χ0) is 13.5. The summed E-state index contributed by atoms with van der Waals surface area (Å²) in [5.41, 5.74) is 5.57. The van der Waals surface area contributed by atoms with Crippen molar-refractivity contribution in [3.05, 3.63) is 0 Å². The Labute approximate surface area is 109 Å². The topological polar surface area (TPSA) is 38.5 Å². The van der Waals surface area contributed by atoms with Gasteiger partial charge in [0.05, 0.1) is 0 Å². The highest BCUT2D eigenvalue weighted by molar-refractivity contribution is 6.74. The average Bonchev–Trinajstić information content (AvgIpc) is 2.21. The van der Waals surface area contributed by atoms with Crippen molar-refractivity contribution < 1.29 is 4.43 Å². The van der Waals surface area contributed by atoms with E-state index in [1.807, 2.05) is 0 Å². The summed E-state index contributed by atoms with van der Waals surface area (Å²) in [4.78, 5) is 2.38. The van der Waals surface area contributed by atoms with E-state index in [1.54, 1.807) is 0 Å². The van der Waals surface area contributed by atoms with Gasteiger partial charge < -0.3 is 15.1 Å². The van der Waals surface area contributed by atoms with Crippen LogP contribution in [0.3, 0.4) is 0 Å². The van der Waals surface area contributed by atoms with E-state index >= 15 is 0 Å². The summed E-state index contributed by atoms with van der Waals surface area (Å²) in [5.74, 6) is 0. The zero-order valence-electron chi connectivity index (χ0n) is 12.7. The van der Waals surface area contributed by atoms with Crippen molar-refractivity contribution >= 4 is 8.32 Å². The lowest BCUT2D eigenvalue weighted by Gasteiger charge is -2.36. The Morgan fingerprint density at radius 2 is 1.76 bits per heavy atom. The zero-order valence-corrected chi connectivity index (χ0v) is 13.7. The normalized spacial score (nSPS) is 13.4. The van der Waals surface area contributed by atoms with E-state index < -0.39 is 8.32 Å². The fourth-order valence-electron chi connectivity index (χ4n) is 1.44. The molecule has 3 nitrogen and oxygen atoms in total. The SMILES string of the molecule is CCN(CCN)CCCO[Si](C)(C)C(C)(C)C.